The Kier molecular flexibility index (Phi) is 6.09. The van der Waals surface area contributed by atoms with Gasteiger partial charge < -0.3 is 9.64 Å². The molecule has 0 saturated heterocycles. The zero-order chi connectivity index (χ0) is 22.0. The molecule has 1 aromatic heterocycles. The van der Waals surface area contributed by atoms with Crippen LogP contribution in [-0.2, 0) is 0 Å². The zero-order valence-electron chi connectivity index (χ0n) is 17.6. The molecule has 3 aromatic rings. The molecule has 0 aliphatic rings. The van der Waals surface area contributed by atoms with E-state index in [1.165, 1.54) is 7.11 Å². The van der Waals surface area contributed by atoms with Crippen LogP contribution in [0.3, 0.4) is 0 Å². The van der Waals surface area contributed by atoms with Gasteiger partial charge in [-0.3, -0.25) is 9.78 Å². The summed E-state index contributed by atoms with van der Waals surface area (Å²) in [5, 5.41) is 9.93. The average Bonchev–Trinajstić information content (AvgIpc) is 2.72. The molecule has 0 unspecified atom stereocenters. The van der Waals surface area contributed by atoms with Crippen LogP contribution in [0.4, 0.5) is 5.69 Å². The summed E-state index contributed by atoms with van der Waals surface area (Å²) in [4.78, 5) is 19.4. The Morgan fingerprint density at radius 1 is 1.13 bits per heavy atom. The number of hydrogen-bond acceptors (Lipinski definition) is 4. The van der Waals surface area contributed by atoms with Gasteiger partial charge >= 0.3 is 0 Å². The molecule has 0 fully saturated rings. The van der Waals surface area contributed by atoms with E-state index in [0.29, 0.717) is 33.0 Å². The number of rotatable bonds is 4. The molecule has 152 valence electrons. The minimum atomic E-state index is -0.235. The molecule has 0 saturated carbocycles. The van der Waals surface area contributed by atoms with E-state index < -0.39 is 0 Å². The molecule has 30 heavy (non-hydrogen) atoms. The van der Waals surface area contributed by atoms with E-state index in [2.05, 4.69) is 11.1 Å². The fourth-order valence-electron chi connectivity index (χ4n) is 3.58. The molecular weight excluding hydrogens is 398 g/mol. The van der Waals surface area contributed by atoms with E-state index in [-0.39, 0.29) is 5.91 Å². The van der Waals surface area contributed by atoms with Gasteiger partial charge in [-0.1, -0.05) is 29.8 Å². The third-order valence-electron chi connectivity index (χ3n) is 5.05. The van der Waals surface area contributed by atoms with E-state index in [4.69, 9.17) is 16.3 Å². The molecule has 0 atom stereocenters. The van der Waals surface area contributed by atoms with Crippen molar-refractivity contribution in [1.29, 1.82) is 5.26 Å². The van der Waals surface area contributed by atoms with E-state index in [0.717, 1.165) is 22.5 Å². The molecule has 6 heteroatoms. The second-order valence-electron chi connectivity index (χ2n) is 7.12. The molecule has 0 aliphatic carbocycles. The minimum Gasteiger partial charge on any atom is -0.496 e. The Morgan fingerprint density at radius 3 is 2.40 bits per heavy atom. The van der Waals surface area contributed by atoms with Gasteiger partial charge in [-0.15, -0.1) is 0 Å². The van der Waals surface area contributed by atoms with Gasteiger partial charge in [0.05, 0.1) is 29.3 Å². The number of hydrogen-bond donors (Lipinski definition) is 0. The first-order valence-corrected chi connectivity index (χ1v) is 9.75. The SMILES string of the molecule is COc1cc(Cl)c(-c2cnc(C)cc2C#N)cc1C(=O)N(C)c1c(C)cccc1C. The molecule has 1 heterocycles. The second-order valence-corrected chi connectivity index (χ2v) is 7.53. The van der Waals surface area contributed by atoms with Crippen molar-refractivity contribution in [1.82, 2.24) is 4.98 Å². The molecule has 5 nitrogen and oxygen atoms in total. The van der Waals surface area contributed by atoms with E-state index in [1.807, 2.05) is 39.0 Å². The standard InChI is InChI=1S/C24H22ClN3O2/c1-14-7-6-8-15(2)23(14)28(4)24(29)19-10-18(21(25)11-22(19)30-5)20-13-27-16(3)9-17(20)12-26/h6-11,13H,1-5H3. The summed E-state index contributed by atoms with van der Waals surface area (Å²) < 4.78 is 5.45. The Bertz CT molecular complexity index is 1160. The molecule has 0 N–H and O–H groups in total. The first-order valence-electron chi connectivity index (χ1n) is 9.37. The summed E-state index contributed by atoms with van der Waals surface area (Å²) in [7, 11) is 3.23. The van der Waals surface area contributed by atoms with Crippen LogP contribution in [0.2, 0.25) is 5.02 Å². The number of aryl methyl sites for hydroxylation is 3. The predicted molar refractivity (Wildman–Crippen MR) is 119 cm³/mol. The van der Waals surface area contributed by atoms with Crippen molar-refractivity contribution in [3.05, 3.63) is 75.6 Å². The Labute approximate surface area is 181 Å². The number of aromatic nitrogens is 1. The third kappa shape index (κ3) is 3.87. The van der Waals surface area contributed by atoms with Crippen molar-refractivity contribution < 1.29 is 9.53 Å². The summed E-state index contributed by atoms with van der Waals surface area (Å²) in [5.41, 5.74) is 5.48. The van der Waals surface area contributed by atoms with Crippen LogP contribution >= 0.6 is 11.6 Å². The summed E-state index contributed by atoms with van der Waals surface area (Å²) >= 11 is 6.49. The fourth-order valence-corrected chi connectivity index (χ4v) is 3.84. The van der Waals surface area contributed by atoms with Gasteiger partial charge in [-0.2, -0.15) is 5.26 Å². The van der Waals surface area contributed by atoms with Crippen LogP contribution in [0.15, 0.2) is 42.6 Å². The first-order chi connectivity index (χ1) is 14.3. The highest BCUT2D eigenvalue weighted by molar-refractivity contribution is 6.34. The monoisotopic (exact) mass is 419 g/mol. The number of nitriles is 1. The van der Waals surface area contributed by atoms with Crippen molar-refractivity contribution in [2.24, 2.45) is 0 Å². The number of ether oxygens (including phenoxy) is 1. The Morgan fingerprint density at radius 2 is 1.80 bits per heavy atom. The van der Waals surface area contributed by atoms with Crippen LogP contribution in [0.1, 0.15) is 32.7 Å². The van der Waals surface area contributed by atoms with Gasteiger partial charge in [0.2, 0.25) is 0 Å². The van der Waals surface area contributed by atoms with Crippen LogP contribution in [0.25, 0.3) is 11.1 Å². The lowest BCUT2D eigenvalue weighted by atomic mass is 9.98. The fraction of sp³-hybridized carbons (Fsp3) is 0.208. The van der Waals surface area contributed by atoms with Crippen LogP contribution in [0, 0.1) is 32.1 Å². The maximum Gasteiger partial charge on any atom is 0.261 e. The third-order valence-corrected chi connectivity index (χ3v) is 5.36. The smallest absolute Gasteiger partial charge is 0.261 e. The lowest BCUT2D eigenvalue weighted by molar-refractivity contribution is 0.0990. The lowest BCUT2D eigenvalue weighted by Crippen LogP contribution is -2.28. The Balaban J connectivity index is 2.17. The van der Waals surface area contributed by atoms with Gasteiger partial charge in [0.1, 0.15) is 5.75 Å². The normalized spacial score (nSPS) is 10.4. The number of carbonyl (C=O) groups excluding carboxylic acids is 1. The van der Waals surface area contributed by atoms with Crippen LogP contribution in [-0.4, -0.2) is 25.0 Å². The number of para-hydroxylation sites is 1. The molecule has 0 spiro atoms. The molecule has 0 radical (unpaired) electrons. The first kappa shape index (κ1) is 21.4. The number of amides is 1. The van der Waals surface area contributed by atoms with E-state index in [1.54, 1.807) is 36.3 Å². The van der Waals surface area contributed by atoms with Gasteiger partial charge in [0.25, 0.3) is 5.91 Å². The number of nitrogens with zero attached hydrogens (tertiary/aromatic N) is 3. The van der Waals surface area contributed by atoms with Crippen molar-refractivity contribution in [3.8, 4) is 22.9 Å². The number of benzene rings is 2. The highest BCUT2D eigenvalue weighted by atomic mass is 35.5. The van der Waals surface area contributed by atoms with Gasteiger partial charge in [0, 0.05) is 41.8 Å². The molecular formula is C24H22ClN3O2. The molecule has 0 aliphatic heterocycles. The molecule has 0 bridgehead atoms. The summed E-state index contributed by atoms with van der Waals surface area (Å²) in [6, 6.07) is 13.0. The molecule has 2 aromatic carbocycles. The van der Waals surface area contributed by atoms with Gasteiger partial charge in [0.15, 0.2) is 0 Å². The molecule has 3 rings (SSSR count). The second kappa shape index (κ2) is 8.56. The number of methoxy groups -OCH3 is 1. The number of halogens is 1. The van der Waals surface area contributed by atoms with Gasteiger partial charge in [-0.05, 0) is 44.0 Å². The summed E-state index contributed by atoms with van der Waals surface area (Å²) in [6.07, 6.45) is 1.60. The zero-order valence-corrected chi connectivity index (χ0v) is 18.3. The van der Waals surface area contributed by atoms with Crippen molar-refractivity contribution in [2.75, 3.05) is 19.1 Å². The number of anilines is 1. The number of carbonyl (C=O) groups is 1. The van der Waals surface area contributed by atoms with E-state index >= 15 is 0 Å². The van der Waals surface area contributed by atoms with Crippen molar-refractivity contribution >= 4 is 23.2 Å². The highest BCUT2D eigenvalue weighted by Gasteiger charge is 2.23. The topological polar surface area (TPSA) is 66.2 Å². The van der Waals surface area contributed by atoms with Crippen molar-refractivity contribution in [3.63, 3.8) is 0 Å². The van der Waals surface area contributed by atoms with Crippen LogP contribution in [0.5, 0.6) is 5.75 Å². The Hall–Kier alpha value is -3.36. The maximum absolute atomic E-state index is 13.5. The summed E-state index contributed by atoms with van der Waals surface area (Å²) in [6.45, 7) is 5.75. The molecule has 1 amide bonds. The van der Waals surface area contributed by atoms with Gasteiger partial charge in [-0.25, -0.2) is 0 Å². The highest BCUT2D eigenvalue weighted by Crippen LogP contribution is 2.37. The van der Waals surface area contributed by atoms with E-state index in [9.17, 15) is 10.1 Å². The van der Waals surface area contributed by atoms with Crippen molar-refractivity contribution in [2.45, 2.75) is 20.8 Å². The minimum absolute atomic E-state index is 0.235. The largest absolute Gasteiger partial charge is 0.496 e. The maximum atomic E-state index is 13.5. The quantitative estimate of drug-likeness (QED) is 0.561. The lowest BCUT2D eigenvalue weighted by Gasteiger charge is -2.23. The van der Waals surface area contributed by atoms with Crippen LogP contribution < -0.4 is 9.64 Å². The average molecular weight is 420 g/mol. The number of pyridine rings is 1. The predicted octanol–water partition coefficient (Wildman–Crippen LogP) is 5.48. The summed E-state index contributed by atoms with van der Waals surface area (Å²) in [5.74, 6) is 0.131.